The van der Waals surface area contributed by atoms with Gasteiger partial charge in [0.25, 0.3) is 0 Å². The van der Waals surface area contributed by atoms with Crippen molar-refractivity contribution in [2.45, 2.75) is 33.1 Å². The fourth-order valence-electron chi connectivity index (χ4n) is 4.32. The highest BCUT2D eigenvalue weighted by Gasteiger charge is 2.31. The Morgan fingerprint density at radius 1 is 1.20 bits per heavy atom. The van der Waals surface area contributed by atoms with E-state index in [4.69, 9.17) is 0 Å². The number of fused-ring (bicyclic) bond motifs is 1. The van der Waals surface area contributed by atoms with Crippen molar-refractivity contribution < 1.29 is 4.79 Å². The molecule has 1 fully saturated rings. The van der Waals surface area contributed by atoms with Crippen LogP contribution in [0.5, 0.6) is 0 Å². The summed E-state index contributed by atoms with van der Waals surface area (Å²) >= 11 is 0. The van der Waals surface area contributed by atoms with Gasteiger partial charge in [0.15, 0.2) is 6.29 Å². The van der Waals surface area contributed by atoms with Crippen LogP contribution in [0.1, 0.15) is 42.0 Å². The van der Waals surface area contributed by atoms with Crippen molar-refractivity contribution in [1.82, 2.24) is 14.9 Å². The summed E-state index contributed by atoms with van der Waals surface area (Å²) in [7, 11) is 2.17. The minimum atomic E-state index is 0.297. The molecule has 2 aromatic heterocycles. The largest absolute Gasteiger partial charge is 0.367 e. The second-order valence-electron chi connectivity index (χ2n) is 8.36. The molecule has 5 nitrogen and oxygen atoms in total. The predicted octanol–water partition coefficient (Wildman–Crippen LogP) is 3.09. The minimum absolute atomic E-state index is 0.297. The van der Waals surface area contributed by atoms with Crippen molar-refractivity contribution in [3.63, 3.8) is 0 Å². The topological polar surface area (TPSA) is 55.1 Å². The molecule has 0 saturated carbocycles. The number of rotatable bonds is 3. The molecule has 25 heavy (non-hydrogen) atoms. The normalized spacial score (nSPS) is 20.5. The first-order chi connectivity index (χ1) is 12.0. The first-order valence-corrected chi connectivity index (χ1v) is 9.29. The van der Waals surface area contributed by atoms with Crippen molar-refractivity contribution in [3.8, 4) is 11.3 Å². The molecular formula is C20H28N4O. The van der Waals surface area contributed by atoms with E-state index in [2.05, 4.69) is 46.7 Å². The number of aldehydes is 1. The van der Waals surface area contributed by atoms with E-state index in [0.29, 0.717) is 5.41 Å². The highest BCUT2D eigenvalue weighted by Crippen LogP contribution is 2.42. The molecule has 1 aliphatic heterocycles. The number of nitrogens with one attached hydrogen (secondary N) is 2. The van der Waals surface area contributed by atoms with Crippen LogP contribution in [0.25, 0.3) is 11.3 Å². The number of aromatic amines is 2. The Hall–Kier alpha value is -2.01. The first kappa shape index (κ1) is 16.5. The summed E-state index contributed by atoms with van der Waals surface area (Å²) in [6, 6.07) is 2.15. The number of H-pyrrole nitrogens is 2. The van der Waals surface area contributed by atoms with E-state index in [0.717, 1.165) is 68.7 Å². The molecule has 0 atom stereocenters. The zero-order chi connectivity index (χ0) is 17.6. The Kier molecular flexibility index (Phi) is 3.99. The Balaban J connectivity index is 1.75. The number of anilines is 1. The Morgan fingerprint density at radius 3 is 2.68 bits per heavy atom. The van der Waals surface area contributed by atoms with E-state index in [-0.39, 0.29) is 0 Å². The molecule has 0 amide bonds. The summed E-state index contributed by atoms with van der Waals surface area (Å²) in [5, 5.41) is 0. The molecular weight excluding hydrogens is 312 g/mol. The molecule has 134 valence electrons. The molecule has 2 aliphatic rings. The highest BCUT2D eigenvalue weighted by molar-refractivity contribution is 5.91. The van der Waals surface area contributed by atoms with Crippen LogP contribution in [-0.4, -0.2) is 54.4 Å². The number of piperazine rings is 1. The summed E-state index contributed by atoms with van der Waals surface area (Å²) in [5.41, 5.74) is 7.02. The molecule has 1 saturated heterocycles. The van der Waals surface area contributed by atoms with Crippen molar-refractivity contribution in [2.75, 3.05) is 38.1 Å². The quantitative estimate of drug-likeness (QED) is 0.844. The van der Waals surface area contributed by atoms with Gasteiger partial charge in [-0.2, -0.15) is 0 Å². The van der Waals surface area contributed by atoms with Gasteiger partial charge in [-0.05, 0) is 43.4 Å². The van der Waals surface area contributed by atoms with E-state index in [1.807, 2.05) is 6.20 Å². The first-order valence-electron chi connectivity index (χ1n) is 9.29. The van der Waals surface area contributed by atoms with Gasteiger partial charge in [0.1, 0.15) is 0 Å². The summed E-state index contributed by atoms with van der Waals surface area (Å²) < 4.78 is 0. The SMILES string of the molecule is CN1CCN(c2cc[nH]c2-c2c(C=O)[nH]c3c2CCC(C)(C)C3)CC1. The lowest BCUT2D eigenvalue weighted by atomic mass is 9.76. The Bertz CT molecular complexity index is 778. The number of carbonyl (C=O) groups excluding carboxylic acids is 1. The summed E-state index contributed by atoms with van der Waals surface area (Å²) in [4.78, 5) is 23.4. The lowest BCUT2D eigenvalue weighted by Gasteiger charge is -2.34. The molecule has 1 aliphatic carbocycles. The zero-order valence-electron chi connectivity index (χ0n) is 15.5. The molecule has 4 rings (SSSR count). The van der Waals surface area contributed by atoms with Crippen LogP contribution < -0.4 is 4.90 Å². The van der Waals surface area contributed by atoms with Crippen molar-refractivity contribution >= 4 is 12.0 Å². The van der Waals surface area contributed by atoms with Gasteiger partial charge < -0.3 is 19.8 Å². The molecule has 2 aromatic rings. The Morgan fingerprint density at radius 2 is 1.96 bits per heavy atom. The number of carbonyl (C=O) groups is 1. The fourth-order valence-corrected chi connectivity index (χ4v) is 4.32. The highest BCUT2D eigenvalue weighted by atomic mass is 16.1. The van der Waals surface area contributed by atoms with E-state index < -0.39 is 0 Å². The third-order valence-electron chi connectivity index (χ3n) is 5.86. The monoisotopic (exact) mass is 340 g/mol. The standard InChI is InChI=1S/C20H28N4O/c1-20(2)6-4-14-15(12-20)22-16(13-25)18(14)19-17(5-7-21-19)24-10-8-23(3)9-11-24/h5,7,13,21-22H,4,6,8-12H2,1-3H3. The van der Waals surface area contributed by atoms with Crippen LogP contribution in [0, 0.1) is 5.41 Å². The van der Waals surface area contributed by atoms with Gasteiger partial charge in [-0.3, -0.25) is 4.79 Å². The summed E-state index contributed by atoms with van der Waals surface area (Å²) in [6.07, 6.45) is 6.18. The van der Waals surface area contributed by atoms with Gasteiger partial charge >= 0.3 is 0 Å². The molecule has 0 unspecified atom stereocenters. The predicted molar refractivity (Wildman–Crippen MR) is 101 cm³/mol. The van der Waals surface area contributed by atoms with Gasteiger partial charge in [-0.15, -0.1) is 0 Å². The zero-order valence-corrected chi connectivity index (χ0v) is 15.5. The van der Waals surface area contributed by atoms with E-state index in [1.165, 1.54) is 16.9 Å². The number of likely N-dealkylation sites (N-methyl/N-ethyl adjacent to an activating group) is 1. The molecule has 5 heteroatoms. The van der Waals surface area contributed by atoms with Crippen molar-refractivity contribution in [3.05, 3.63) is 29.2 Å². The van der Waals surface area contributed by atoms with Gasteiger partial charge in [0.2, 0.25) is 0 Å². The van der Waals surface area contributed by atoms with Crippen LogP contribution >= 0.6 is 0 Å². The van der Waals surface area contributed by atoms with Crippen LogP contribution in [-0.2, 0) is 12.8 Å². The smallest absolute Gasteiger partial charge is 0.166 e. The third-order valence-corrected chi connectivity index (χ3v) is 5.86. The van der Waals surface area contributed by atoms with Crippen LogP contribution in [0.15, 0.2) is 12.3 Å². The number of aromatic nitrogens is 2. The van der Waals surface area contributed by atoms with Gasteiger partial charge in [0, 0.05) is 43.6 Å². The Labute approximate surface area is 149 Å². The van der Waals surface area contributed by atoms with Crippen molar-refractivity contribution in [1.29, 1.82) is 0 Å². The maximum absolute atomic E-state index is 11.8. The molecule has 0 spiro atoms. The second-order valence-corrected chi connectivity index (χ2v) is 8.36. The van der Waals surface area contributed by atoms with E-state index >= 15 is 0 Å². The average molecular weight is 340 g/mol. The van der Waals surface area contributed by atoms with E-state index in [1.54, 1.807) is 0 Å². The van der Waals surface area contributed by atoms with Gasteiger partial charge in [-0.1, -0.05) is 13.8 Å². The average Bonchev–Trinajstić information content (AvgIpc) is 3.17. The van der Waals surface area contributed by atoms with E-state index in [9.17, 15) is 4.79 Å². The van der Waals surface area contributed by atoms with Gasteiger partial charge in [-0.25, -0.2) is 0 Å². The maximum Gasteiger partial charge on any atom is 0.166 e. The number of hydrogen-bond donors (Lipinski definition) is 2. The molecule has 0 aromatic carbocycles. The lowest BCUT2D eigenvalue weighted by Crippen LogP contribution is -2.44. The van der Waals surface area contributed by atoms with Crippen LogP contribution in [0.3, 0.4) is 0 Å². The molecule has 2 N–H and O–H groups in total. The minimum Gasteiger partial charge on any atom is -0.367 e. The second kappa shape index (κ2) is 6.06. The van der Waals surface area contributed by atoms with Crippen LogP contribution in [0.2, 0.25) is 0 Å². The molecule has 0 radical (unpaired) electrons. The van der Waals surface area contributed by atoms with Crippen molar-refractivity contribution in [2.24, 2.45) is 5.41 Å². The maximum atomic E-state index is 11.8. The summed E-state index contributed by atoms with van der Waals surface area (Å²) in [6.45, 7) is 8.81. The fraction of sp³-hybridized carbons (Fsp3) is 0.550. The number of nitrogens with zero attached hydrogens (tertiary/aromatic N) is 2. The van der Waals surface area contributed by atoms with Gasteiger partial charge in [0.05, 0.1) is 17.1 Å². The third kappa shape index (κ3) is 2.91. The summed E-state index contributed by atoms with van der Waals surface area (Å²) in [5.74, 6) is 0. The lowest BCUT2D eigenvalue weighted by molar-refractivity contribution is 0.112. The van der Waals surface area contributed by atoms with Crippen LogP contribution in [0.4, 0.5) is 5.69 Å². The number of hydrogen-bond acceptors (Lipinski definition) is 3. The molecule has 0 bridgehead atoms. The molecule has 3 heterocycles.